The molecule has 84 valence electrons. The van der Waals surface area contributed by atoms with Gasteiger partial charge in [-0.3, -0.25) is 4.79 Å². The Labute approximate surface area is 97.4 Å². The predicted molar refractivity (Wildman–Crippen MR) is 68.4 cm³/mol. The van der Waals surface area contributed by atoms with Crippen molar-refractivity contribution in [2.24, 2.45) is 5.41 Å². The number of ketones is 1. The molecular weight excluding hydrogens is 217 g/mol. The van der Waals surface area contributed by atoms with Crippen LogP contribution < -0.4 is 0 Å². The Balaban J connectivity index is 2.67. The van der Waals surface area contributed by atoms with Crippen LogP contribution in [0.4, 0.5) is 0 Å². The van der Waals surface area contributed by atoms with Crippen LogP contribution in [0.5, 0.6) is 0 Å². The second kappa shape index (κ2) is 3.71. The SMILES string of the molecule is Cc1pc(C(=O)C(C)(C)C)n2ccccc12. The first-order chi connectivity index (χ1) is 7.41. The van der Waals surface area contributed by atoms with E-state index in [1.54, 1.807) is 0 Å². The monoisotopic (exact) mass is 233 g/mol. The van der Waals surface area contributed by atoms with Crippen LogP contribution in [0.15, 0.2) is 24.4 Å². The zero-order chi connectivity index (χ0) is 11.9. The van der Waals surface area contributed by atoms with Crippen molar-refractivity contribution in [2.45, 2.75) is 27.7 Å². The van der Waals surface area contributed by atoms with Gasteiger partial charge in [0.15, 0.2) is 5.78 Å². The lowest BCUT2D eigenvalue weighted by atomic mass is 9.91. The molecule has 0 aromatic carbocycles. The molecule has 0 amide bonds. The highest BCUT2D eigenvalue weighted by molar-refractivity contribution is 7.33. The normalized spacial score (nSPS) is 12.5. The van der Waals surface area contributed by atoms with Crippen LogP contribution in [0.2, 0.25) is 0 Å². The van der Waals surface area contributed by atoms with E-state index in [0.29, 0.717) is 0 Å². The van der Waals surface area contributed by atoms with Crippen molar-refractivity contribution in [3.05, 3.63) is 35.1 Å². The van der Waals surface area contributed by atoms with Gasteiger partial charge in [0.25, 0.3) is 0 Å². The molecule has 0 aliphatic rings. The first kappa shape index (κ1) is 11.3. The largest absolute Gasteiger partial charge is 0.310 e. The maximum atomic E-state index is 12.3. The molecule has 0 N–H and O–H groups in total. The smallest absolute Gasteiger partial charge is 0.189 e. The van der Waals surface area contributed by atoms with E-state index < -0.39 is 0 Å². The highest BCUT2D eigenvalue weighted by atomic mass is 31.0. The van der Waals surface area contributed by atoms with Gasteiger partial charge in [-0.15, -0.1) is 0 Å². The molecule has 2 heterocycles. The summed E-state index contributed by atoms with van der Waals surface area (Å²) in [4.78, 5) is 12.3. The summed E-state index contributed by atoms with van der Waals surface area (Å²) < 4.78 is 2.02. The number of Topliss-reactive ketones (excluding diaryl/α,β-unsaturated/α-hetero) is 1. The second-order valence-electron chi connectivity index (χ2n) is 5.06. The summed E-state index contributed by atoms with van der Waals surface area (Å²) in [7, 11) is 1.04. The van der Waals surface area contributed by atoms with Gasteiger partial charge >= 0.3 is 0 Å². The first-order valence-electron chi connectivity index (χ1n) is 5.40. The highest BCUT2D eigenvalue weighted by Crippen LogP contribution is 2.32. The Kier molecular flexibility index (Phi) is 2.63. The fraction of sp³-hybridized carbons (Fsp3) is 0.385. The van der Waals surface area contributed by atoms with E-state index in [4.69, 9.17) is 0 Å². The summed E-state index contributed by atoms with van der Waals surface area (Å²) in [5.41, 5.74) is 1.71. The molecule has 2 rings (SSSR count). The minimum Gasteiger partial charge on any atom is -0.310 e. The summed E-state index contributed by atoms with van der Waals surface area (Å²) in [6.45, 7) is 7.98. The third kappa shape index (κ3) is 1.78. The Morgan fingerprint density at radius 2 is 2.00 bits per heavy atom. The van der Waals surface area contributed by atoms with Crippen LogP contribution in [0.1, 0.15) is 36.3 Å². The van der Waals surface area contributed by atoms with Gasteiger partial charge in [0.1, 0.15) is 5.43 Å². The molecule has 0 unspecified atom stereocenters. The topological polar surface area (TPSA) is 21.5 Å². The van der Waals surface area contributed by atoms with Crippen LogP contribution >= 0.6 is 8.19 Å². The lowest BCUT2D eigenvalue weighted by Gasteiger charge is -2.15. The average molecular weight is 233 g/mol. The van der Waals surface area contributed by atoms with E-state index in [1.807, 2.05) is 43.5 Å². The molecule has 0 radical (unpaired) electrons. The Morgan fingerprint density at radius 3 is 2.62 bits per heavy atom. The van der Waals surface area contributed by atoms with Gasteiger partial charge in [-0.2, -0.15) is 0 Å². The van der Waals surface area contributed by atoms with E-state index in [9.17, 15) is 4.79 Å². The molecule has 2 aromatic rings. The van der Waals surface area contributed by atoms with Crippen LogP contribution in [0.3, 0.4) is 0 Å². The number of hydrogen-bond acceptors (Lipinski definition) is 1. The standard InChI is InChI=1S/C13H16NOP/c1-9-10-7-5-6-8-14(10)12(16-9)11(15)13(2,3)4/h5-8H,1-4H3. The number of nitrogens with zero attached hydrogens (tertiary/aromatic N) is 1. The number of carbonyl (C=O) groups is 1. The maximum Gasteiger partial charge on any atom is 0.189 e. The predicted octanol–water partition coefficient (Wildman–Crippen LogP) is 4.06. The van der Waals surface area contributed by atoms with Crippen LogP contribution in [0, 0.1) is 12.3 Å². The van der Waals surface area contributed by atoms with Gasteiger partial charge in [-0.25, -0.2) is 0 Å². The van der Waals surface area contributed by atoms with Crippen LogP contribution in [0.25, 0.3) is 5.52 Å². The summed E-state index contributed by atoms with van der Waals surface area (Å²) in [5, 5.41) is 1.24. The summed E-state index contributed by atoms with van der Waals surface area (Å²) in [6, 6.07) is 6.04. The quantitative estimate of drug-likeness (QED) is 0.681. The number of aromatic nitrogens is 1. The van der Waals surface area contributed by atoms with Crippen molar-refractivity contribution in [1.82, 2.24) is 4.40 Å². The van der Waals surface area contributed by atoms with Gasteiger partial charge in [-0.1, -0.05) is 26.8 Å². The molecule has 0 atom stereocenters. The van der Waals surface area contributed by atoms with Gasteiger partial charge in [0.05, 0.1) is 5.52 Å². The lowest BCUT2D eigenvalue weighted by Crippen LogP contribution is -2.20. The van der Waals surface area contributed by atoms with Crippen LogP contribution in [-0.2, 0) is 0 Å². The number of aryl methyl sites for hydroxylation is 1. The second-order valence-corrected chi connectivity index (χ2v) is 6.37. The zero-order valence-corrected chi connectivity index (χ0v) is 11.0. The molecule has 0 bridgehead atoms. The van der Waals surface area contributed by atoms with E-state index in [-0.39, 0.29) is 11.2 Å². The Morgan fingerprint density at radius 1 is 1.31 bits per heavy atom. The highest BCUT2D eigenvalue weighted by Gasteiger charge is 2.26. The van der Waals surface area contributed by atoms with Crippen molar-refractivity contribution >= 4 is 19.5 Å². The molecule has 0 saturated carbocycles. The number of carbonyl (C=O) groups excluding carboxylic acids is 1. The first-order valence-corrected chi connectivity index (χ1v) is 6.29. The Bertz CT molecular complexity index is 549. The molecule has 0 aliphatic heterocycles. The summed E-state index contributed by atoms with van der Waals surface area (Å²) >= 11 is 0. The fourth-order valence-corrected chi connectivity index (χ4v) is 3.02. The maximum absolute atomic E-state index is 12.3. The van der Waals surface area contributed by atoms with Gasteiger partial charge in [-0.05, 0) is 27.2 Å². The molecule has 0 fully saturated rings. The summed E-state index contributed by atoms with van der Waals surface area (Å²) in [5.74, 6) is 0.225. The van der Waals surface area contributed by atoms with Crippen molar-refractivity contribution < 1.29 is 4.79 Å². The van der Waals surface area contributed by atoms with E-state index in [0.717, 1.165) is 19.1 Å². The average Bonchev–Trinajstić information content (AvgIpc) is 2.55. The van der Waals surface area contributed by atoms with Crippen molar-refractivity contribution in [2.75, 3.05) is 0 Å². The van der Waals surface area contributed by atoms with E-state index in [1.165, 1.54) is 5.30 Å². The minimum absolute atomic E-state index is 0.225. The third-order valence-corrected chi connectivity index (χ3v) is 3.81. The molecule has 0 saturated heterocycles. The zero-order valence-electron chi connectivity index (χ0n) is 10.1. The number of hydrogen-bond donors (Lipinski definition) is 0. The number of rotatable bonds is 1. The van der Waals surface area contributed by atoms with Gasteiger partial charge in [0.2, 0.25) is 0 Å². The Hall–Kier alpha value is -1.14. The lowest BCUT2D eigenvalue weighted by molar-refractivity contribution is 0.0856. The molecule has 16 heavy (non-hydrogen) atoms. The molecule has 3 heteroatoms. The van der Waals surface area contributed by atoms with Gasteiger partial charge in [0, 0.05) is 16.9 Å². The number of pyridine rings is 1. The van der Waals surface area contributed by atoms with Crippen molar-refractivity contribution in [1.29, 1.82) is 0 Å². The third-order valence-electron chi connectivity index (χ3n) is 2.62. The van der Waals surface area contributed by atoms with Gasteiger partial charge < -0.3 is 4.40 Å². The molecule has 2 aromatic heterocycles. The molecule has 0 spiro atoms. The molecular formula is C13H16NOP. The van der Waals surface area contributed by atoms with Crippen LogP contribution in [-0.4, -0.2) is 10.2 Å². The number of fused-ring (bicyclic) bond motifs is 1. The summed E-state index contributed by atoms with van der Waals surface area (Å²) in [6.07, 6.45) is 1.97. The van der Waals surface area contributed by atoms with E-state index >= 15 is 0 Å². The molecule has 0 aliphatic carbocycles. The van der Waals surface area contributed by atoms with Crippen molar-refractivity contribution in [3.63, 3.8) is 0 Å². The molecule has 2 nitrogen and oxygen atoms in total. The fourth-order valence-electron chi connectivity index (χ4n) is 1.69. The van der Waals surface area contributed by atoms with E-state index in [2.05, 4.69) is 13.0 Å². The minimum atomic E-state index is -0.312. The van der Waals surface area contributed by atoms with Crippen molar-refractivity contribution in [3.8, 4) is 0 Å².